The van der Waals surface area contributed by atoms with Crippen molar-refractivity contribution in [1.82, 2.24) is 4.98 Å². The molecule has 1 N–H and O–H groups in total. The molecule has 3 aromatic rings. The first-order chi connectivity index (χ1) is 13.6. The molecular weight excluding hydrogens is 370 g/mol. The normalized spacial score (nSPS) is 13.1. The molecule has 0 atom stereocenters. The fourth-order valence-electron chi connectivity index (χ4n) is 3.46. The SMILES string of the molecule is CC(=O)Nc1ccc(-c2nc(CC(=O)N3CCCc4ccccc43)cs2)cc1. The zero-order chi connectivity index (χ0) is 19.5. The molecule has 0 unspecified atom stereocenters. The highest BCUT2D eigenvalue weighted by Gasteiger charge is 2.22. The van der Waals surface area contributed by atoms with Crippen LogP contribution in [-0.4, -0.2) is 23.3 Å². The number of fused-ring (bicyclic) bond motifs is 1. The lowest BCUT2D eigenvalue weighted by molar-refractivity contribution is -0.118. The third-order valence-corrected chi connectivity index (χ3v) is 5.69. The van der Waals surface area contributed by atoms with Crippen LogP contribution in [0.3, 0.4) is 0 Å². The Kier molecular flexibility index (Phi) is 5.21. The standard InChI is InChI=1S/C22H21N3O2S/c1-15(26)23-18-10-8-17(9-11-18)22-24-19(14-28-22)13-21(27)25-12-4-6-16-5-2-3-7-20(16)25/h2-3,5,7-11,14H,4,6,12-13H2,1H3,(H,23,26). The number of aryl methyl sites for hydroxylation is 1. The molecule has 28 heavy (non-hydrogen) atoms. The first-order valence-electron chi connectivity index (χ1n) is 9.31. The maximum Gasteiger partial charge on any atom is 0.233 e. The van der Waals surface area contributed by atoms with E-state index in [1.165, 1.54) is 23.8 Å². The fraction of sp³-hybridized carbons (Fsp3) is 0.227. The summed E-state index contributed by atoms with van der Waals surface area (Å²) in [6.07, 6.45) is 2.32. The van der Waals surface area contributed by atoms with E-state index in [1.54, 1.807) is 0 Å². The summed E-state index contributed by atoms with van der Waals surface area (Å²) in [6.45, 7) is 2.25. The molecule has 142 valence electrons. The first-order valence-corrected chi connectivity index (χ1v) is 10.2. The van der Waals surface area contributed by atoms with Gasteiger partial charge in [0.2, 0.25) is 11.8 Å². The number of benzene rings is 2. The molecule has 1 aliphatic heterocycles. The molecule has 4 rings (SSSR count). The van der Waals surface area contributed by atoms with Crippen molar-refractivity contribution in [2.45, 2.75) is 26.2 Å². The molecule has 0 spiro atoms. The quantitative estimate of drug-likeness (QED) is 0.722. The largest absolute Gasteiger partial charge is 0.326 e. The van der Waals surface area contributed by atoms with Crippen molar-refractivity contribution in [2.24, 2.45) is 0 Å². The molecule has 2 aromatic carbocycles. The molecular formula is C22H21N3O2S. The van der Waals surface area contributed by atoms with E-state index in [1.807, 2.05) is 52.7 Å². The lowest BCUT2D eigenvalue weighted by Crippen LogP contribution is -2.36. The predicted octanol–water partition coefficient (Wildman–Crippen LogP) is 4.29. The van der Waals surface area contributed by atoms with E-state index >= 15 is 0 Å². The Bertz CT molecular complexity index is 1010. The summed E-state index contributed by atoms with van der Waals surface area (Å²) in [5.41, 5.74) is 4.79. The predicted molar refractivity (Wildman–Crippen MR) is 113 cm³/mol. The number of carbonyl (C=O) groups excluding carboxylic acids is 2. The van der Waals surface area contributed by atoms with Gasteiger partial charge < -0.3 is 10.2 Å². The number of thiazole rings is 1. The van der Waals surface area contributed by atoms with Crippen LogP contribution in [0.25, 0.3) is 10.6 Å². The second-order valence-electron chi connectivity index (χ2n) is 6.86. The summed E-state index contributed by atoms with van der Waals surface area (Å²) in [6, 6.07) is 15.7. The van der Waals surface area contributed by atoms with Crippen molar-refractivity contribution < 1.29 is 9.59 Å². The third-order valence-electron chi connectivity index (χ3n) is 4.75. The van der Waals surface area contributed by atoms with Gasteiger partial charge in [-0.25, -0.2) is 4.98 Å². The molecule has 2 heterocycles. The van der Waals surface area contributed by atoms with Gasteiger partial charge in [-0.3, -0.25) is 9.59 Å². The van der Waals surface area contributed by atoms with Crippen LogP contribution in [0.4, 0.5) is 11.4 Å². The van der Waals surface area contributed by atoms with Crippen LogP contribution in [-0.2, 0) is 22.4 Å². The van der Waals surface area contributed by atoms with Crippen LogP contribution in [0, 0.1) is 0 Å². The van der Waals surface area contributed by atoms with Crippen LogP contribution in [0.5, 0.6) is 0 Å². The fourth-order valence-corrected chi connectivity index (χ4v) is 4.29. The summed E-state index contributed by atoms with van der Waals surface area (Å²) in [5, 5.41) is 5.57. The molecule has 5 nitrogen and oxygen atoms in total. The van der Waals surface area contributed by atoms with Gasteiger partial charge in [0.15, 0.2) is 0 Å². The topological polar surface area (TPSA) is 62.3 Å². The van der Waals surface area contributed by atoms with E-state index in [4.69, 9.17) is 0 Å². The van der Waals surface area contributed by atoms with Crippen LogP contribution >= 0.6 is 11.3 Å². The van der Waals surface area contributed by atoms with Crippen LogP contribution in [0.2, 0.25) is 0 Å². The van der Waals surface area contributed by atoms with Crippen molar-refractivity contribution >= 4 is 34.5 Å². The smallest absolute Gasteiger partial charge is 0.233 e. The minimum absolute atomic E-state index is 0.0880. The number of rotatable bonds is 4. The van der Waals surface area contributed by atoms with Crippen molar-refractivity contribution in [3.8, 4) is 10.6 Å². The minimum atomic E-state index is -0.0953. The van der Waals surface area contributed by atoms with Gasteiger partial charge in [0.1, 0.15) is 5.01 Å². The Labute approximate surface area is 168 Å². The second kappa shape index (κ2) is 7.94. The Morgan fingerprint density at radius 2 is 1.93 bits per heavy atom. The number of nitrogens with zero attached hydrogens (tertiary/aromatic N) is 2. The second-order valence-corrected chi connectivity index (χ2v) is 7.72. The number of para-hydroxylation sites is 1. The Balaban J connectivity index is 1.47. The van der Waals surface area contributed by atoms with Crippen LogP contribution in [0.1, 0.15) is 24.6 Å². The van der Waals surface area contributed by atoms with Gasteiger partial charge in [-0.2, -0.15) is 0 Å². The number of amides is 2. The van der Waals surface area contributed by atoms with E-state index in [9.17, 15) is 9.59 Å². The summed E-state index contributed by atoms with van der Waals surface area (Å²) in [5.74, 6) is -0.00732. The van der Waals surface area contributed by atoms with Crippen molar-refractivity contribution in [1.29, 1.82) is 0 Å². The maximum absolute atomic E-state index is 12.9. The van der Waals surface area contributed by atoms with Crippen molar-refractivity contribution in [3.05, 3.63) is 65.2 Å². The highest BCUT2D eigenvalue weighted by molar-refractivity contribution is 7.13. The Hall–Kier alpha value is -2.99. The van der Waals surface area contributed by atoms with Gasteiger partial charge in [-0.05, 0) is 48.7 Å². The molecule has 1 aliphatic rings. The summed E-state index contributed by atoms with van der Waals surface area (Å²) in [7, 11) is 0. The number of anilines is 2. The van der Waals surface area contributed by atoms with Gasteiger partial charge in [0, 0.05) is 35.8 Å². The molecule has 2 amide bonds. The van der Waals surface area contributed by atoms with Crippen molar-refractivity contribution in [2.75, 3.05) is 16.8 Å². The van der Waals surface area contributed by atoms with Gasteiger partial charge in [0.05, 0.1) is 12.1 Å². The third kappa shape index (κ3) is 3.97. The summed E-state index contributed by atoms with van der Waals surface area (Å²) < 4.78 is 0. The lowest BCUT2D eigenvalue weighted by atomic mass is 10.0. The highest BCUT2D eigenvalue weighted by atomic mass is 32.1. The summed E-state index contributed by atoms with van der Waals surface area (Å²) in [4.78, 5) is 30.5. The van der Waals surface area contributed by atoms with Crippen LogP contribution in [0.15, 0.2) is 53.9 Å². The zero-order valence-corrected chi connectivity index (χ0v) is 16.5. The highest BCUT2D eigenvalue weighted by Crippen LogP contribution is 2.29. The number of nitrogens with one attached hydrogen (secondary N) is 1. The Morgan fingerprint density at radius 3 is 2.71 bits per heavy atom. The molecule has 0 bridgehead atoms. The molecule has 1 aromatic heterocycles. The van der Waals surface area contributed by atoms with Gasteiger partial charge in [-0.15, -0.1) is 11.3 Å². The minimum Gasteiger partial charge on any atom is -0.326 e. The Morgan fingerprint density at radius 1 is 1.14 bits per heavy atom. The van der Waals surface area contributed by atoms with E-state index in [0.29, 0.717) is 6.42 Å². The average molecular weight is 391 g/mol. The summed E-state index contributed by atoms with van der Waals surface area (Å²) >= 11 is 1.53. The number of carbonyl (C=O) groups is 2. The number of aromatic nitrogens is 1. The molecule has 0 fully saturated rings. The molecule has 0 saturated carbocycles. The zero-order valence-electron chi connectivity index (χ0n) is 15.6. The van der Waals surface area contributed by atoms with Crippen LogP contribution < -0.4 is 10.2 Å². The maximum atomic E-state index is 12.9. The van der Waals surface area contributed by atoms with E-state index in [0.717, 1.165) is 47.0 Å². The monoisotopic (exact) mass is 391 g/mol. The van der Waals surface area contributed by atoms with Gasteiger partial charge in [0.25, 0.3) is 0 Å². The lowest BCUT2D eigenvalue weighted by Gasteiger charge is -2.29. The average Bonchev–Trinajstić information content (AvgIpc) is 3.16. The van der Waals surface area contributed by atoms with Gasteiger partial charge in [-0.1, -0.05) is 18.2 Å². The van der Waals surface area contributed by atoms with E-state index in [2.05, 4.69) is 16.4 Å². The molecule has 0 aliphatic carbocycles. The molecule has 0 saturated heterocycles. The first kappa shape index (κ1) is 18.4. The van der Waals surface area contributed by atoms with Gasteiger partial charge >= 0.3 is 0 Å². The van der Waals surface area contributed by atoms with E-state index in [-0.39, 0.29) is 11.8 Å². The van der Waals surface area contributed by atoms with Crippen molar-refractivity contribution in [3.63, 3.8) is 0 Å². The molecule has 6 heteroatoms. The number of hydrogen-bond acceptors (Lipinski definition) is 4. The number of hydrogen-bond donors (Lipinski definition) is 1. The molecule has 0 radical (unpaired) electrons. The van der Waals surface area contributed by atoms with E-state index < -0.39 is 0 Å².